The molecule has 7 nitrogen and oxygen atoms in total. The monoisotopic (exact) mass is 370 g/mol. The Morgan fingerprint density at radius 2 is 1.96 bits per heavy atom. The number of nitrogens with one attached hydrogen (secondary N) is 1. The van der Waals surface area contributed by atoms with Crippen molar-refractivity contribution in [2.24, 2.45) is 5.73 Å². The average Bonchev–Trinajstić information content (AvgIpc) is 3.02. The summed E-state index contributed by atoms with van der Waals surface area (Å²) in [5.74, 6) is -0.491. The third-order valence-electron chi connectivity index (χ3n) is 3.14. The maximum atomic E-state index is 12.1. The van der Waals surface area contributed by atoms with Crippen LogP contribution in [0.2, 0.25) is 0 Å². The minimum absolute atomic E-state index is 0. The number of aromatic nitrogens is 2. The third-order valence-corrected chi connectivity index (χ3v) is 4.04. The van der Waals surface area contributed by atoms with Gasteiger partial charge in [-0.1, -0.05) is 23.5 Å². The van der Waals surface area contributed by atoms with Gasteiger partial charge in [-0.25, -0.2) is 0 Å². The smallest absolute Gasteiger partial charge is 0.305 e. The molecule has 0 atom stereocenters. The zero-order chi connectivity index (χ0) is 16.7. The number of benzene rings is 1. The number of halogens is 1. The van der Waals surface area contributed by atoms with E-state index in [0.29, 0.717) is 36.5 Å². The second-order valence-corrected chi connectivity index (χ2v) is 5.85. The van der Waals surface area contributed by atoms with Crippen LogP contribution in [0.3, 0.4) is 0 Å². The van der Waals surface area contributed by atoms with E-state index in [1.807, 2.05) is 12.1 Å². The van der Waals surface area contributed by atoms with Crippen molar-refractivity contribution in [2.45, 2.75) is 25.8 Å². The van der Waals surface area contributed by atoms with Crippen molar-refractivity contribution >= 4 is 40.8 Å². The van der Waals surface area contributed by atoms with Crippen molar-refractivity contribution in [3.63, 3.8) is 0 Å². The van der Waals surface area contributed by atoms with Crippen molar-refractivity contribution in [1.29, 1.82) is 0 Å². The fourth-order valence-corrected chi connectivity index (χ4v) is 2.63. The number of nitrogens with zero attached hydrogens (tertiary/aromatic N) is 2. The van der Waals surface area contributed by atoms with Crippen LogP contribution in [0.15, 0.2) is 24.3 Å². The highest BCUT2D eigenvalue weighted by Crippen LogP contribution is 2.18. The van der Waals surface area contributed by atoms with Crippen molar-refractivity contribution in [1.82, 2.24) is 10.2 Å². The molecule has 2 rings (SSSR count). The van der Waals surface area contributed by atoms with Gasteiger partial charge in [0, 0.05) is 24.9 Å². The number of hydrogen-bond donors (Lipinski definition) is 2. The second-order valence-electron chi connectivity index (χ2n) is 4.79. The molecule has 0 bridgehead atoms. The summed E-state index contributed by atoms with van der Waals surface area (Å²) in [6.07, 6.45) is 1.59. The summed E-state index contributed by atoms with van der Waals surface area (Å²) in [5, 5.41) is 11.8. The van der Waals surface area contributed by atoms with Gasteiger partial charge in [-0.3, -0.25) is 14.9 Å². The molecule has 130 valence electrons. The zero-order valence-corrected chi connectivity index (χ0v) is 14.8. The van der Waals surface area contributed by atoms with Gasteiger partial charge in [-0.05, 0) is 24.1 Å². The number of methoxy groups -OCH3 is 1. The molecule has 0 aliphatic heterocycles. The average molecular weight is 371 g/mol. The van der Waals surface area contributed by atoms with E-state index in [-0.39, 0.29) is 24.3 Å². The molecule has 1 aromatic heterocycles. The van der Waals surface area contributed by atoms with Gasteiger partial charge in [0.05, 0.1) is 7.11 Å². The summed E-state index contributed by atoms with van der Waals surface area (Å²) in [7, 11) is 1.36. The van der Waals surface area contributed by atoms with Gasteiger partial charge in [0.25, 0.3) is 5.91 Å². The molecular weight excluding hydrogens is 352 g/mol. The number of nitrogens with two attached hydrogens (primary N) is 1. The first-order valence-corrected chi connectivity index (χ1v) is 7.93. The summed E-state index contributed by atoms with van der Waals surface area (Å²) in [5.41, 5.74) is 7.02. The van der Waals surface area contributed by atoms with Crippen LogP contribution in [0.5, 0.6) is 0 Å². The van der Waals surface area contributed by atoms with Crippen LogP contribution in [0.4, 0.5) is 5.13 Å². The lowest BCUT2D eigenvalue weighted by Gasteiger charge is -2.02. The normalized spacial score (nSPS) is 9.92. The van der Waals surface area contributed by atoms with Gasteiger partial charge in [-0.15, -0.1) is 22.6 Å². The predicted octanol–water partition coefficient (Wildman–Crippen LogP) is 2.17. The molecule has 24 heavy (non-hydrogen) atoms. The Morgan fingerprint density at radius 3 is 2.58 bits per heavy atom. The third kappa shape index (κ3) is 5.88. The molecular formula is C15H19ClN4O3S. The first-order chi connectivity index (χ1) is 11.1. The Hall–Kier alpha value is -2.03. The standard InChI is InChI=1S/C15H18N4O3S.ClH/c1-22-13(20)4-2-3-12-18-19-15(23-12)17-14(21)11-7-5-10(9-16)6-8-11;/h5-8H,2-4,9,16H2,1H3,(H,17,19,21);1H. The number of esters is 1. The highest BCUT2D eigenvalue weighted by atomic mass is 35.5. The number of aryl methyl sites for hydroxylation is 1. The molecule has 0 spiro atoms. The van der Waals surface area contributed by atoms with E-state index in [4.69, 9.17) is 5.73 Å². The molecule has 0 saturated heterocycles. The lowest BCUT2D eigenvalue weighted by Crippen LogP contribution is -2.11. The number of ether oxygens (including phenoxy) is 1. The van der Waals surface area contributed by atoms with Crippen LogP contribution >= 0.6 is 23.7 Å². The zero-order valence-electron chi connectivity index (χ0n) is 13.2. The van der Waals surface area contributed by atoms with Gasteiger partial charge in [0.15, 0.2) is 0 Å². The lowest BCUT2D eigenvalue weighted by atomic mass is 10.1. The molecule has 0 aliphatic rings. The van der Waals surface area contributed by atoms with Gasteiger partial charge in [-0.2, -0.15) is 0 Å². The van der Waals surface area contributed by atoms with E-state index in [9.17, 15) is 9.59 Å². The lowest BCUT2D eigenvalue weighted by molar-refractivity contribution is -0.140. The molecule has 0 aliphatic carbocycles. The summed E-state index contributed by atoms with van der Waals surface area (Å²) < 4.78 is 4.58. The van der Waals surface area contributed by atoms with E-state index in [2.05, 4.69) is 20.3 Å². The van der Waals surface area contributed by atoms with Crippen LogP contribution in [-0.4, -0.2) is 29.2 Å². The number of anilines is 1. The summed E-state index contributed by atoms with van der Waals surface area (Å²) >= 11 is 1.30. The summed E-state index contributed by atoms with van der Waals surface area (Å²) in [6, 6.07) is 7.06. The van der Waals surface area contributed by atoms with Crippen molar-refractivity contribution < 1.29 is 14.3 Å². The molecule has 0 radical (unpaired) electrons. The van der Waals surface area contributed by atoms with Crippen LogP contribution in [0.25, 0.3) is 0 Å². The summed E-state index contributed by atoms with van der Waals surface area (Å²) in [6.45, 7) is 0.438. The quantitative estimate of drug-likeness (QED) is 0.723. The Morgan fingerprint density at radius 1 is 1.25 bits per heavy atom. The van der Waals surface area contributed by atoms with E-state index < -0.39 is 0 Å². The van der Waals surface area contributed by atoms with E-state index in [1.54, 1.807) is 12.1 Å². The molecule has 1 amide bonds. The van der Waals surface area contributed by atoms with Gasteiger partial charge in [0.2, 0.25) is 5.13 Å². The van der Waals surface area contributed by atoms with Crippen LogP contribution in [0, 0.1) is 0 Å². The highest BCUT2D eigenvalue weighted by Gasteiger charge is 2.10. The summed E-state index contributed by atoms with van der Waals surface area (Å²) in [4.78, 5) is 23.1. The number of amides is 1. The molecule has 1 aromatic carbocycles. The Balaban J connectivity index is 0.00000288. The topological polar surface area (TPSA) is 107 Å². The molecule has 0 saturated carbocycles. The van der Waals surface area contributed by atoms with Gasteiger partial charge >= 0.3 is 5.97 Å². The highest BCUT2D eigenvalue weighted by molar-refractivity contribution is 7.15. The number of carbonyl (C=O) groups excluding carboxylic acids is 2. The van der Waals surface area contributed by atoms with Crippen LogP contribution in [-0.2, 0) is 22.5 Å². The molecule has 9 heteroatoms. The Kier molecular flexibility index (Phi) is 8.31. The van der Waals surface area contributed by atoms with Crippen molar-refractivity contribution in [2.75, 3.05) is 12.4 Å². The minimum Gasteiger partial charge on any atom is -0.469 e. The first-order valence-electron chi connectivity index (χ1n) is 7.12. The van der Waals surface area contributed by atoms with Crippen molar-refractivity contribution in [3.8, 4) is 0 Å². The Bertz CT molecular complexity index is 676. The number of hydrogen-bond acceptors (Lipinski definition) is 7. The maximum absolute atomic E-state index is 12.1. The predicted molar refractivity (Wildman–Crippen MR) is 94.4 cm³/mol. The number of carbonyl (C=O) groups is 2. The molecule has 0 unspecified atom stereocenters. The molecule has 0 fully saturated rings. The van der Waals surface area contributed by atoms with E-state index in [1.165, 1.54) is 18.4 Å². The van der Waals surface area contributed by atoms with E-state index >= 15 is 0 Å². The van der Waals surface area contributed by atoms with E-state index in [0.717, 1.165) is 10.6 Å². The van der Waals surface area contributed by atoms with Gasteiger partial charge < -0.3 is 10.5 Å². The Labute approximate surface area is 150 Å². The SMILES string of the molecule is COC(=O)CCCc1nnc(NC(=O)c2ccc(CN)cc2)s1.Cl. The fraction of sp³-hybridized carbons (Fsp3) is 0.333. The van der Waals surface area contributed by atoms with Crippen LogP contribution in [0.1, 0.15) is 33.8 Å². The van der Waals surface area contributed by atoms with Crippen molar-refractivity contribution in [3.05, 3.63) is 40.4 Å². The minimum atomic E-state index is -0.246. The number of rotatable bonds is 7. The van der Waals surface area contributed by atoms with Crippen LogP contribution < -0.4 is 11.1 Å². The largest absolute Gasteiger partial charge is 0.469 e. The maximum Gasteiger partial charge on any atom is 0.305 e. The molecule has 3 N–H and O–H groups in total. The first kappa shape index (κ1) is 20.0. The second kappa shape index (κ2) is 9.96. The fourth-order valence-electron chi connectivity index (χ4n) is 1.85. The molecule has 1 heterocycles. The van der Waals surface area contributed by atoms with Gasteiger partial charge in [0.1, 0.15) is 5.01 Å². The molecule has 2 aromatic rings.